The number of hydrogen-bond donors (Lipinski definition) is 23. The molecule has 5 aromatic carbocycles. The van der Waals surface area contributed by atoms with E-state index in [1.807, 2.05) is 30.3 Å². The fourth-order valence-corrected chi connectivity index (χ4v) is 15.8. The van der Waals surface area contributed by atoms with Crippen LogP contribution in [-0.4, -0.2) is 261 Å². The van der Waals surface area contributed by atoms with Gasteiger partial charge in [-0.3, -0.25) is 86.9 Å². The molecule has 1 aromatic heterocycles. The number of rotatable bonds is 27. The number of nitrogens with one attached hydrogen (secondary N) is 17. The van der Waals surface area contributed by atoms with Gasteiger partial charge < -0.3 is 122 Å². The monoisotopic (exact) mass is 1920 g/mol. The molecular formula is C95H131N21O20S. The number of benzene rings is 5. The second-order valence-electron chi connectivity index (χ2n) is 35.5. The number of carboxylic acids is 1. The van der Waals surface area contributed by atoms with E-state index in [1.165, 1.54) is 59.0 Å². The van der Waals surface area contributed by atoms with Gasteiger partial charge in [0.05, 0.1) is 18.8 Å². The number of aliphatic hydroxyl groups is 1. The van der Waals surface area contributed by atoms with Crippen LogP contribution in [0.5, 0.6) is 5.75 Å². The average molecular weight is 1920 g/mol. The minimum Gasteiger partial charge on any atom is -0.508 e. The number of nitrogens with two attached hydrogens (primary N) is 3. The SMILES string of the molecule is CC(C)C[C@@H]1NC(=O)[C@H](CCN)NC(=O)[C@@H](CC(C)C)NC(=O)[C@H](C)N(C)C(=O)[C@H](CCCNC(=N)N)NC(=O)[C@H](Cc2ccc(-c3ccccc3)cc2)NC(=O)[C@H](C(C)C)NC(=O)[C@H](Cc2c[nH]c3ccccc23)NC(=O)[C@H](CC(=O)O)NC(=O)[C@H](Cc2ccc(O)cc2)NC(=O)[C@H](Cc2ccccc2)NC(=O)CSC[C@@H](C(=O)N[C@@H](C)C(N)=O)NC(=O)[C@H](CO)NC(=O)[C@H](C(C)C)NC1=O. The summed E-state index contributed by atoms with van der Waals surface area (Å²) < 4.78 is 0. The van der Waals surface area contributed by atoms with Gasteiger partial charge in [-0.2, -0.15) is 0 Å². The number of thioether (sulfide) groups is 1. The molecular weight excluding hydrogens is 1790 g/mol. The summed E-state index contributed by atoms with van der Waals surface area (Å²) in [5.74, 6) is -21.7. The first-order chi connectivity index (χ1) is 64.9. The first-order valence-corrected chi connectivity index (χ1v) is 46.6. The smallest absolute Gasteiger partial charge is 0.305 e. The molecule has 1 saturated heterocycles. The van der Waals surface area contributed by atoms with E-state index in [0.717, 1.165) is 16.0 Å². The van der Waals surface area contributed by atoms with Crippen molar-refractivity contribution in [1.29, 1.82) is 5.41 Å². The number of aromatic amines is 1. The number of nitrogens with zero attached hydrogens (tertiary/aromatic N) is 1. The number of carbonyl (C=O) groups is 17. The second-order valence-corrected chi connectivity index (χ2v) is 36.5. The van der Waals surface area contributed by atoms with Gasteiger partial charge in [0, 0.05) is 62.1 Å². The highest BCUT2D eigenvalue weighted by atomic mass is 32.2. The quantitative estimate of drug-likeness (QED) is 0.0170. The van der Waals surface area contributed by atoms with E-state index < -0.39 is 240 Å². The summed E-state index contributed by atoms with van der Waals surface area (Å²) in [5, 5.41) is 79.2. The number of aliphatic carboxylic acids is 1. The Morgan fingerprint density at radius 1 is 0.482 bits per heavy atom. The number of para-hydroxylation sites is 1. The number of fused-ring (bicyclic) bond motifs is 1. The van der Waals surface area contributed by atoms with Crippen LogP contribution in [0.15, 0.2) is 140 Å². The maximum absolute atomic E-state index is 15.5. The Kier molecular flexibility index (Phi) is 43.3. The van der Waals surface area contributed by atoms with Crippen LogP contribution in [0.25, 0.3) is 22.0 Å². The van der Waals surface area contributed by atoms with Gasteiger partial charge in [-0.1, -0.05) is 171 Å². The zero-order valence-electron chi connectivity index (χ0n) is 78.7. The van der Waals surface area contributed by atoms with E-state index in [0.29, 0.717) is 44.9 Å². The highest BCUT2D eigenvalue weighted by molar-refractivity contribution is 8.00. The van der Waals surface area contributed by atoms with Crippen molar-refractivity contribution >= 4 is 129 Å². The van der Waals surface area contributed by atoms with Gasteiger partial charge in [0.15, 0.2) is 5.96 Å². The molecule has 1 fully saturated rings. The molecule has 7 rings (SSSR count). The van der Waals surface area contributed by atoms with E-state index in [1.54, 1.807) is 127 Å². The predicted octanol–water partition coefficient (Wildman–Crippen LogP) is -0.820. The number of hydrogen-bond acceptors (Lipinski definition) is 22. The maximum Gasteiger partial charge on any atom is 0.305 e. The first-order valence-electron chi connectivity index (χ1n) is 45.4. The van der Waals surface area contributed by atoms with Crippen molar-refractivity contribution in [3.05, 3.63) is 162 Å². The van der Waals surface area contributed by atoms with Crippen molar-refractivity contribution in [3.63, 3.8) is 0 Å². The highest BCUT2D eigenvalue weighted by Crippen LogP contribution is 2.24. The first kappa shape index (κ1) is 110. The molecule has 0 saturated carbocycles. The van der Waals surface area contributed by atoms with Crippen molar-refractivity contribution in [2.75, 3.05) is 38.2 Å². The average Bonchev–Trinajstić information content (AvgIpc) is 1.62. The Labute approximate surface area is 799 Å². The van der Waals surface area contributed by atoms with Gasteiger partial charge in [0.25, 0.3) is 0 Å². The van der Waals surface area contributed by atoms with Crippen LogP contribution in [0.3, 0.4) is 0 Å². The van der Waals surface area contributed by atoms with Crippen molar-refractivity contribution in [1.82, 2.24) is 89.6 Å². The van der Waals surface area contributed by atoms with E-state index in [-0.39, 0.29) is 82.0 Å². The number of primary amides is 1. The number of aromatic hydroxyl groups is 1. The fourth-order valence-electron chi connectivity index (χ4n) is 15.0. The number of aromatic nitrogens is 1. The van der Waals surface area contributed by atoms with Crippen LogP contribution in [0.4, 0.5) is 0 Å². The number of amides is 16. The van der Waals surface area contributed by atoms with Gasteiger partial charge in [-0.25, -0.2) is 0 Å². The zero-order chi connectivity index (χ0) is 101. The molecule has 42 heteroatoms. The number of aliphatic hydroxyl groups excluding tert-OH is 1. The summed E-state index contributed by atoms with van der Waals surface area (Å²) >= 11 is 0.713. The fraction of sp³-hybridized carbons (Fsp3) is 0.474. The number of carboxylic acid groups (broad SMARTS) is 1. The molecule has 16 amide bonds. The predicted molar refractivity (Wildman–Crippen MR) is 512 cm³/mol. The Morgan fingerprint density at radius 2 is 0.905 bits per heavy atom. The summed E-state index contributed by atoms with van der Waals surface area (Å²) in [6, 6.07) is 12.8. The molecule has 15 atom stereocenters. The summed E-state index contributed by atoms with van der Waals surface area (Å²) in [7, 11) is 1.27. The number of carbonyl (C=O) groups excluding carboxylic acids is 16. The van der Waals surface area contributed by atoms with Gasteiger partial charge in [-0.05, 0) is 128 Å². The molecule has 0 spiro atoms. The van der Waals surface area contributed by atoms with Gasteiger partial charge in [-0.15, -0.1) is 11.8 Å². The van der Waals surface area contributed by atoms with Crippen LogP contribution in [0.2, 0.25) is 0 Å². The number of phenolic OH excluding ortho intramolecular Hbond substituents is 1. The Bertz CT molecular complexity index is 5180. The normalized spacial score (nSPS) is 23.2. The topological polar surface area (TPSA) is 652 Å². The lowest BCUT2D eigenvalue weighted by Crippen LogP contribution is -2.62. The molecule has 137 heavy (non-hydrogen) atoms. The standard InChI is InChI=1S/C95H131N21O20S/c1-50(2)39-67-83(125)104-65(36-37-96)82(124)107-68(40-51(3)4)88(130)114-79(53(7)8)93(135)112-74(47-117)90(132)113-75(91(133)102-54(9)80(97)122)48-137-49-76(119)103-69(41-56-21-14-12-15-22-56)84(126)108-70(43-58-30-34-62(118)35-31-58)86(128)110-73(45-77(120)121)87(129)109-72(44-61-46-101-64-26-19-18-25-63(61)64)89(131)115-78(52(5)6)92(134)111-71(42-57-28-32-60(33-29-57)59-23-16-13-17-24-59)85(127)105-66(27-20-38-100-95(98)99)94(136)116(11)55(10)81(123)106-67/h12-19,21-26,28-35,46,50-55,65-75,78-79,101,117-118H,20,27,36-45,47-49,96H2,1-11H3,(H2,97,122)(H,102,133)(H,103,119)(H,104,125)(H,105,127)(H,106,123)(H,107,124)(H,108,126)(H,109,129)(H,110,128)(H,111,134)(H,112,135)(H,113,132)(H,114,130)(H,115,131)(H,120,121)(H4,98,99,100)/t54-,55-,65-,66-,67+,68-,69-,70-,71-,72-,73-,74-,75-,78-,79-/m0/s1. The van der Waals surface area contributed by atoms with Crippen LogP contribution in [-0.2, 0) is 107 Å². The van der Waals surface area contributed by atoms with Crippen molar-refractivity contribution < 1.29 is 96.8 Å². The molecule has 0 bridgehead atoms. The Hall–Kier alpha value is -14.0. The van der Waals surface area contributed by atoms with Crippen molar-refractivity contribution in [2.24, 2.45) is 40.9 Å². The highest BCUT2D eigenvalue weighted by Gasteiger charge is 2.41. The number of H-pyrrole nitrogens is 1. The molecule has 0 unspecified atom stereocenters. The molecule has 1 aliphatic rings. The minimum atomic E-state index is -2.08. The third-order valence-electron chi connectivity index (χ3n) is 22.7. The van der Waals surface area contributed by atoms with Crippen LogP contribution >= 0.6 is 11.8 Å². The van der Waals surface area contributed by atoms with E-state index in [4.69, 9.17) is 22.6 Å². The van der Waals surface area contributed by atoms with Gasteiger partial charge in [0.1, 0.15) is 96.4 Å². The summed E-state index contributed by atoms with van der Waals surface area (Å²) in [6.07, 6.45) is -1.40. The van der Waals surface area contributed by atoms with Crippen LogP contribution in [0, 0.1) is 29.1 Å². The number of likely N-dealkylation sites (N-methyl/N-ethyl adjacent to an activating group) is 1. The zero-order valence-corrected chi connectivity index (χ0v) is 79.5. The Morgan fingerprint density at radius 3 is 1.43 bits per heavy atom. The molecule has 742 valence electrons. The van der Waals surface area contributed by atoms with Crippen LogP contribution < -0.4 is 97.0 Å². The van der Waals surface area contributed by atoms with E-state index in [9.17, 15) is 63.3 Å². The van der Waals surface area contributed by atoms with Crippen molar-refractivity contribution in [3.8, 4) is 16.9 Å². The molecule has 6 aromatic rings. The summed E-state index contributed by atoms with van der Waals surface area (Å²) in [5.41, 5.74) is 21.1. The largest absolute Gasteiger partial charge is 0.508 e. The van der Waals surface area contributed by atoms with Gasteiger partial charge in [0.2, 0.25) is 94.5 Å². The molecule has 26 N–H and O–H groups in total. The summed E-state index contributed by atoms with van der Waals surface area (Å²) in [6.45, 7) is 14.5. The third-order valence-corrected chi connectivity index (χ3v) is 23.8. The van der Waals surface area contributed by atoms with Crippen molar-refractivity contribution in [2.45, 2.75) is 224 Å². The maximum atomic E-state index is 15.5. The second kappa shape index (κ2) is 53.9. The lowest BCUT2D eigenvalue weighted by atomic mass is 9.98. The molecule has 41 nitrogen and oxygen atoms in total. The molecule has 2 heterocycles. The Balaban J connectivity index is 1.33. The van der Waals surface area contributed by atoms with Crippen LogP contribution in [0.1, 0.15) is 130 Å². The number of phenols is 1. The van der Waals surface area contributed by atoms with E-state index in [2.05, 4.69) is 84.7 Å². The number of guanidine groups is 1. The molecule has 0 radical (unpaired) electrons. The lowest BCUT2D eigenvalue weighted by molar-refractivity contribution is -0.143. The van der Waals surface area contributed by atoms with E-state index >= 15 is 33.6 Å². The lowest BCUT2D eigenvalue weighted by Gasteiger charge is -2.32. The summed E-state index contributed by atoms with van der Waals surface area (Å²) in [4.78, 5) is 252. The molecule has 0 aliphatic carbocycles. The third kappa shape index (κ3) is 35.0. The van der Waals surface area contributed by atoms with Gasteiger partial charge >= 0.3 is 5.97 Å². The molecule has 1 aliphatic heterocycles. The minimum absolute atomic E-state index is 0.00172.